The number of nitrogens with one attached hydrogen (secondary N) is 1. The summed E-state index contributed by atoms with van der Waals surface area (Å²) in [4.78, 5) is 12.7. The number of benzene rings is 1. The van der Waals surface area contributed by atoms with Gasteiger partial charge in [-0.25, -0.2) is 13.1 Å². The summed E-state index contributed by atoms with van der Waals surface area (Å²) in [5.74, 6) is 0.516. The summed E-state index contributed by atoms with van der Waals surface area (Å²) < 4.78 is 25.9. The van der Waals surface area contributed by atoms with Gasteiger partial charge in [-0.2, -0.15) is 0 Å². The first-order chi connectivity index (χ1) is 10.8. The molecule has 23 heavy (non-hydrogen) atoms. The van der Waals surface area contributed by atoms with Crippen LogP contribution in [0.5, 0.6) is 0 Å². The number of rotatable bonds is 5. The maximum Gasteiger partial charge on any atom is 0.293 e. The first kappa shape index (κ1) is 17.6. The van der Waals surface area contributed by atoms with E-state index in [4.69, 9.17) is 5.73 Å². The van der Waals surface area contributed by atoms with Crippen LogP contribution in [-0.4, -0.2) is 39.5 Å². The van der Waals surface area contributed by atoms with E-state index in [1.54, 1.807) is 0 Å². The van der Waals surface area contributed by atoms with Gasteiger partial charge in [0, 0.05) is 25.2 Å². The van der Waals surface area contributed by atoms with Crippen molar-refractivity contribution in [3.63, 3.8) is 0 Å². The number of piperidine rings is 1. The van der Waals surface area contributed by atoms with E-state index in [-0.39, 0.29) is 16.6 Å². The fourth-order valence-electron chi connectivity index (χ4n) is 2.97. The summed E-state index contributed by atoms with van der Waals surface area (Å²) in [7, 11) is -2.46. The molecule has 2 rings (SSSR count). The molecule has 1 aliphatic rings. The molecular weight excluding hydrogens is 320 g/mol. The molecule has 1 saturated heterocycles. The summed E-state index contributed by atoms with van der Waals surface area (Å²) in [6.07, 6.45) is 1.79. The van der Waals surface area contributed by atoms with E-state index in [1.165, 1.54) is 19.2 Å². The molecule has 2 unspecified atom stereocenters. The van der Waals surface area contributed by atoms with Crippen LogP contribution in [0.25, 0.3) is 0 Å². The summed E-state index contributed by atoms with van der Waals surface area (Å²) in [6.45, 7) is 3.21. The molecule has 0 spiro atoms. The Morgan fingerprint density at radius 3 is 2.74 bits per heavy atom. The average Bonchev–Trinajstić information content (AvgIpc) is 2.54. The Bertz CT molecular complexity index is 692. The molecular formula is C14H22N4O4S. The molecule has 2 atom stereocenters. The van der Waals surface area contributed by atoms with Crippen molar-refractivity contribution >= 4 is 21.4 Å². The van der Waals surface area contributed by atoms with Crippen LogP contribution in [0.3, 0.4) is 0 Å². The first-order valence-corrected chi connectivity index (χ1v) is 8.97. The van der Waals surface area contributed by atoms with Crippen molar-refractivity contribution in [2.75, 3.05) is 25.0 Å². The number of nitrogens with zero attached hydrogens (tertiary/aromatic N) is 2. The van der Waals surface area contributed by atoms with E-state index in [0.29, 0.717) is 24.7 Å². The normalized spacial score (nSPS) is 22.1. The zero-order chi connectivity index (χ0) is 17.2. The van der Waals surface area contributed by atoms with E-state index in [2.05, 4.69) is 11.6 Å². The Morgan fingerprint density at radius 2 is 2.17 bits per heavy atom. The Morgan fingerprint density at radius 1 is 1.48 bits per heavy atom. The van der Waals surface area contributed by atoms with Crippen LogP contribution in [-0.2, 0) is 10.0 Å². The Kier molecular flexibility index (Phi) is 5.23. The second-order valence-corrected chi connectivity index (χ2v) is 7.71. The van der Waals surface area contributed by atoms with Crippen LogP contribution in [0.2, 0.25) is 0 Å². The number of anilines is 1. The lowest BCUT2D eigenvalue weighted by Gasteiger charge is -2.39. The fourth-order valence-corrected chi connectivity index (χ4v) is 3.72. The molecule has 0 bridgehead atoms. The standard InChI is InChI=1S/C14H22N4O4S/c1-10-5-6-17(11(7-10)9-15)13-4-3-12(23(21,22)16-2)8-14(13)18(19)20/h3-4,8,10-11,16H,5-7,9,15H2,1-2H3. The van der Waals surface area contributed by atoms with Gasteiger partial charge < -0.3 is 10.6 Å². The van der Waals surface area contributed by atoms with E-state index in [1.807, 2.05) is 4.90 Å². The van der Waals surface area contributed by atoms with Crippen molar-refractivity contribution in [3.8, 4) is 0 Å². The molecule has 1 fully saturated rings. The van der Waals surface area contributed by atoms with Crippen LogP contribution in [0.4, 0.5) is 11.4 Å². The lowest BCUT2D eigenvalue weighted by atomic mass is 9.92. The fraction of sp³-hybridized carbons (Fsp3) is 0.571. The van der Waals surface area contributed by atoms with Gasteiger partial charge in [0.15, 0.2) is 0 Å². The third-order valence-corrected chi connectivity index (χ3v) is 5.69. The highest BCUT2D eigenvalue weighted by Gasteiger charge is 2.31. The maximum atomic E-state index is 11.9. The lowest BCUT2D eigenvalue weighted by Crippen LogP contribution is -2.46. The highest BCUT2D eigenvalue weighted by Crippen LogP contribution is 2.35. The van der Waals surface area contributed by atoms with Gasteiger partial charge >= 0.3 is 0 Å². The molecule has 1 aromatic rings. The van der Waals surface area contributed by atoms with Crippen LogP contribution in [0.15, 0.2) is 23.1 Å². The molecule has 8 nitrogen and oxygen atoms in total. The summed E-state index contributed by atoms with van der Waals surface area (Å²) in [5, 5.41) is 11.4. The molecule has 1 heterocycles. The van der Waals surface area contributed by atoms with Crippen LogP contribution < -0.4 is 15.4 Å². The topological polar surface area (TPSA) is 119 Å². The second-order valence-electron chi connectivity index (χ2n) is 5.83. The monoisotopic (exact) mass is 342 g/mol. The second kappa shape index (κ2) is 6.81. The van der Waals surface area contributed by atoms with Crippen molar-refractivity contribution in [3.05, 3.63) is 28.3 Å². The van der Waals surface area contributed by atoms with Crippen molar-refractivity contribution in [2.24, 2.45) is 11.7 Å². The molecule has 0 aromatic heterocycles. The van der Waals surface area contributed by atoms with Crippen molar-refractivity contribution < 1.29 is 13.3 Å². The molecule has 9 heteroatoms. The van der Waals surface area contributed by atoms with Gasteiger partial charge in [0.1, 0.15) is 5.69 Å². The zero-order valence-electron chi connectivity index (χ0n) is 13.2. The minimum Gasteiger partial charge on any atom is -0.362 e. The first-order valence-electron chi connectivity index (χ1n) is 7.48. The Hall–Kier alpha value is -1.71. The van der Waals surface area contributed by atoms with Gasteiger partial charge in [-0.05, 0) is 37.9 Å². The van der Waals surface area contributed by atoms with Crippen LogP contribution in [0, 0.1) is 16.0 Å². The molecule has 128 valence electrons. The minimum absolute atomic E-state index is 0.0178. The minimum atomic E-state index is -3.73. The third kappa shape index (κ3) is 3.62. The quantitative estimate of drug-likeness (QED) is 0.610. The highest BCUT2D eigenvalue weighted by atomic mass is 32.2. The van der Waals surface area contributed by atoms with E-state index >= 15 is 0 Å². The van der Waals surface area contributed by atoms with Crippen molar-refractivity contribution in [2.45, 2.75) is 30.7 Å². The molecule has 3 N–H and O–H groups in total. The van der Waals surface area contributed by atoms with Crippen LogP contribution in [0.1, 0.15) is 19.8 Å². The SMILES string of the molecule is CNS(=O)(=O)c1ccc(N2CCC(C)CC2CN)c([N+](=O)[O-])c1. The number of nitro benzene ring substituents is 1. The molecule has 1 aromatic carbocycles. The van der Waals surface area contributed by atoms with Gasteiger partial charge in [0.25, 0.3) is 5.69 Å². The number of nitrogens with two attached hydrogens (primary N) is 1. The smallest absolute Gasteiger partial charge is 0.293 e. The summed E-state index contributed by atoms with van der Waals surface area (Å²) in [5.41, 5.74) is 6.03. The number of hydrogen-bond acceptors (Lipinski definition) is 6. The predicted molar refractivity (Wildman–Crippen MR) is 87.9 cm³/mol. The Labute approximate surface area is 135 Å². The van der Waals surface area contributed by atoms with Gasteiger partial charge in [0.05, 0.1) is 9.82 Å². The number of hydrogen-bond donors (Lipinski definition) is 2. The average molecular weight is 342 g/mol. The van der Waals surface area contributed by atoms with Gasteiger partial charge in [0.2, 0.25) is 10.0 Å². The van der Waals surface area contributed by atoms with E-state index in [9.17, 15) is 18.5 Å². The highest BCUT2D eigenvalue weighted by molar-refractivity contribution is 7.89. The number of nitro groups is 1. The van der Waals surface area contributed by atoms with E-state index < -0.39 is 14.9 Å². The lowest BCUT2D eigenvalue weighted by molar-refractivity contribution is -0.384. The van der Waals surface area contributed by atoms with Crippen molar-refractivity contribution in [1.82, 2.24) is 4.72 Å². The van der Waals surface area contributed by atoms with E-state index in [0.717, 1.165) is 18.9 Å². The number of sulfonamides is 1. The van der Waals surface area contributed by atoms with Gasteiger partial charge in [-0.3, -0.25) is 10.1 Å². The maximum absolute atomic E-state index is 11.9. The zero-order valence-corrected chi connectivity index (χ0v) is 14.0. The molecule has 0 saturated carbocycles. The predicted octanol–water partition coefficient (Wildman–Crippen LogP) is 1.07. The molecule has 0 amide bonds. The largest absolute Gasteiger partial charge is 0.362 e. The molecule has 1 aliphatic heterocycles. The van der Waals surface area contributed by atoms with Gasteiger partial charge in [-0.15, -0.1) is 0 Å². The van der Waals surface area contributed by atoms with Crippen LogP contribution >= 0.6 is 0 Å². The van der Waals surface area contributed by atoms with Crippen molar-refractivity contribution in [1.29, 1.82) is 0 Å². The Balaban J connectivity index is 2.48. The summed E-state index contributed by atoms with van der Waals surface area (Å²) in [6, 6.07) is 4.01. The molecule has 0 aliphatic carbocycles. The third-order valence-electron chi connectivity index (χ3n) is 4.28. The van der Waals surface area contributed by atoms with Gasteiger partial charge in [-0.1, -0.05) is 6.92 Å². The summed E-state index contributed by atoms with van der Waals surface area (Å²) >= 11 is 0. The molecule has 0 radical (unpaired) electrons.